The topological polar surface area (TPSA) is 9.23 Å². The lowest BCUT2D eigenvalue weighted by molar-refractivity contribution is 0.372. The van der Waals surface area contributed by atoms with Crippen LogP contribution in [-0.4, -0.2) is 7.11 Å². The average Bonchev–Trinajstić information content (AvgIpc) is 2.74. The van der Waals surface area contributed by atoms with Gasteiger partial charge in [0.25, 0.3) is 0 Å². The van der Waals surface area contributed by atoms with E-state index in [1.807, 2.05) is 32.9 Å². The van der Waals surface area contributed by atoms with E-state index in [0.717, 1.165) is 17.7 Å². The summed E-state index contributed by atoms with van der Waals surface area (Å²) in [6.45, 7) is 5.92. The first-order valence-corrected chi connectivity index (χ1v) is 9.01. The minimum absolute atomic E-state index is 0.175. The Balaban J connectivity index is 0.00000145. The highest BCUT2D eigenvalue weighted by Crippen LogP contribution is 2.32. The molecule has 0 atom stereocenters. The van der Waals surface area contributed by atoms with Crippen molar-refractivity contribution in [2.45, 2.75) is 20.8 Å². The SMILES string of the molecule is CC.COc1ccc(-c2ccc(C#Cc3ccc(C)cc3)c(F)c2F)c(F)c1F. The smallest absolute Gasteiger partial charge is 0.201 e. The summed E-state index contributed by atoms with van der Waals surface area (Å²) in [7, 11) is 1.18. The first-order chi connectivity index (χ1) is 13.9. The standard InChI is InChI=1S/C22H14F4O.C2H6/c1-13-3-5-14(6-4-13)7-8-15-9-10-16(20(24)19(15)23)17-11-12-18(27-2)22(26)21(17)25;1-2/h3-6,9-12H,1-2H3;1-2H3. The number of rotatable bonds is 2. The second kappa shape index (κ2) is 9.79. The van der Waals surface area contributed by atoms with Gasteiger partial charge in [0.1, 0.15) is 0 Å². The Labute approximate surface area is 168 Å². The summed E-state index contributed by atoms with van der Waals surface area (Å²) in [5.74, 6) is -0.114. The van der Waals surface area contributed by atoms with E-state index in [2.05, 4.69) is 16.6 Å². The second-order valence-corrected chi connectivity index (χ2v) is 5.85. The normalized spacial score (nSPS) is 9.79. The van der Waals surface area contributed by atoms with Gasteiger partial charge < -0.3 is 4.74 Å². The lowest BCUT2D eigenvalue weighted by Crippen LogP contribution is -1.99. The Bertz CT molecular complexity index is 1060. The maximum absolute atomic E-state index is 14.5. The predicted octanol–water partition coefficient (Wildman–Crippen LogP) is 6.65. The van der Waals surface area contributed by atoms with Gasteiger partial charge in [-0.05, 0) is 43.3 Å². The van der Waals surface area contributed by atoms with Crippen LogP contribution >= 0.6 is 0 Å². The molecule has 0 saturated carbocycles. The number of ether oxygens (including phenoxy) is 1. The number of methoxy groups -OCH3 is 1. The minimum atomic E-state index is -1.31. The molecule has 0 aliphatic heterocycles. The number of aryl methyl sites for hydroxylation is 1. The molecule has 0 saturated heterocycles. The van der Waals surface area contributed by atoms with Gasteiger partial charge in [-0.3, -0.25) is 0 Å². The van der Waals surface area contributed by atoms with Gasteiger partial charge in [0.15, 0.2) is 23.2 Å². The van der Waals surface area contributed by atoms with Crippen LogP contribution in [0.15, 0.2) is 48.5 Å². The summed E-state index contributed by atoms with van der Waals surface area (Å²) < 4.78 is 61.5. The van der Waals surface area contributed by atoms with Gasteiger partial charge in [-0.25, -0.2) is 13.2 Å². The lowest BCUT2D eigenvalue weighted by Gasteiger charge is -2.09. The van der Waals surface area contributed by atoms with E-state index in [1.54, 1.807) is 12.1 Å². The van der Waals surface area contributed by atoms with Gasteiger partial charge in [0.05, 0.1) is 12.7 Å². The Morgan fingerprint density at radius 2 is 1.21 bits per heavy atom. The fraction of sp³-hybridized carbons (Fsp3) is 0.167. The Morgan fingerprint density at radius 3 is 1.79 bits per heavy atom. The highest BCUT2D eigenvalue weighted by Gasteiger charge is 2.20. The van der Waals surface area contributed by atoms with Crippen LogP contribution in [0.25, 0.3) is 11.1 Å². The first kappa shape index (κ1) is 22.0. The molecule has 3 aromatic rings. The molecule has 0 fully saturated rings. The molecule has 0 heterocycles. The van der Waals surface area contributed by atoms with Gasteiger partial charge >= 0.3 is 0 Å². The van der Waals surface area contributed by atoms with Gasteiger partial charge in [-0.1, -0.05) is 43.4 Å². The van der Waals surface area contributed by atoms with Crippen LogP contribution in [0, 0.1) is 42.0 Å². The first-order valence-electron chi connectivity index (χ1n) is 9.01. The molecule has 0 aromatic heterocycles. The van der Waals surface area contributed by atoms with E-state index in [0.29, 0.717) is 5.56 Å². The molecule has 3 rings (SSSR count). The van der Waals surface area contributed by atoms with Crippen LogP contribution in [-0.2, 0) is 0 Å². The highest BCUT2D eigenvalue weighted by molar-refractivity contribution is 5.67. The molecular formula is C24H20F4O. The summed E-state index contributed by atoms with van der Waals surface area (Å²) in [4.78, 5) is 0. The Hall–Kier alpha value is -3.26. The molecule has 0 aliphatic carbocycles. The second-order valence-electron chi connectivity index (χ2n) is 5.85. The molecular weight excluding hydrogens is 380 g/mol. The molecule has 0 aliphatic rings. The molecule has 0 radical (unpaired) electrons. The van der Waals surface area contributed by atoms with Crippen molar-refractivity contribution in [3.63, 3.8) is 0 Å². The summed E-state index contributed by atoms with van der Waals surface area (Å²) >= 11 is 0. The fourth-order valence-electron chi connectivity index (χ4n) is 2.53. The lowest BCUT2D eigenvalue weighted by atomic mass is 10.0. The monoisotopic (exact) mass is 400 g/mol. The molecule has 3 aromatic carbocycles. The van der Waals surface area contributed by atoms with Crippen molar-refractivity contribution in [3.05, 3.63) is 88.5 Å². The van der Waals surface area contributed by atoms with Gasteiger partial charge in [-0.15, -0.1) is 0 Å². The van der Waals surface area contributed by atoms with E-state index >= 15 is 0 Å². The largest absolute Gasteiger partial charge is 0.494 e. The molecule has 0 N–H and O–H groups in total. The summed E-state index contributed by atoms with van der Waals surface area (Å²) in [5.41, 5.74) is 0.727. The van der Waals surface area contributed by atoms with Crippen molar-refractivity contribution in [1.82, 2.24) is 0 Å². The molecule has 0 bridgehead atoms. The van der Waals surface area contributed by atoms with Crippen molar-refractivity contribution in [2.24, 2.45) is 0 Å². The van der Waals surface area contributed by atoms with Gasteiger partial charge in [-0.2, -0.15) is 4.39 Å². The predicted molar refractivity (Wildman–Crippen MR) is 107 cm³/mol. The van der Waals surface area contributed by atoms with E-state index in [9.17, 15) is 17.6 Å². The molecule has 29 heavy (non-hydrogen) atoms. The number of halogens is 4. The minimum Gasteiger partial charge on any atom is -0.494 e. The maximum Gasteiger partial charge on any atom is 0.201 e. The van der Waals surface area contributed by atoms with Crippen LogP contribution in [0.1, 0.15) is 30.5 Å². The molecule has 1 nitrogen and oxygen atoms in total. The summed E-state index contributed by atoms with van der Waals surface area (Å²) in [6.07, 6.45) is 0. The quantitative estimate of drug-likeness (QED) is 0.346. The average molecular weight is 400 g/mol. The zero-order chi connectivity index (χ0) is 21.6. The van der Waals surface area contributed by atoms with Crippen molar-refractivity contribution < 1.29 is 22.3 Å². The number of benzene rings is 3. The fourth-order valence-corrected chi connectivity index (χ4v) is 2.53. The summed E-state index contributed by atoms with van der Waals surface area (Å²) in [6, 6.07) is 11.9. The molecule has 0 unspecified atom stereocenters. The summed E-state index contributed by atoms with van der Waals surface area (Å²) in [5, 5.41) is 0. The van der Waals surface area contributed by atoms with E-state index in [-0.39, 0.29) is 11.3 Å². The van der Waals surface area contributed by atoms with Crippen molar-refractivity contribution >= 4 is 0 Å². The molecule has 0 amide bonds. The van der Waals surface area contributed by atoms with Crippen LogP contribution in [0.2, 0.25) is 0 Å². The highest BCUT2D eigenvalue weighted by atomic mass is 19.2. The van der Waals surface area contributed by atoms with E-state index in [4.69, 9.17) is 0 Å². The molecule has 5 heteroatoms. The van der Waals surface area contributed by atoms with Crippen molar-refractivity contribution in [3.8, 4) is 28.7 Å². The van der Waals surface area contributed by atoms with E-state index < -0.39 is 34.4 Å². The van der Waals surface area contributed by atoms with Crippen molar-refractivity contribution in [1.29, 1.82) is 0 Å². The third kappa shape index (κ3) is 4.78. The molecule has 0 spiro atoms. The van der Waals surface area contributed by atoms with Crippen LogP contribution in [0.4, 0.5) is 17.6 Å². The zero-order valence-corrected chi connectivity index (χ0v) is 16.5. The number of hydrogen-bond donors (Lipinski definition) is 0. The van der Waals surface area contributed by atoms with Gasteiger partial charge in [0, 0.05) is 16.7 Å². The van der Waals surface area contributed by atoms with Crippen LogP contribution < -0.4 is 4.74 Å². The maximum atomic E-state index is 14.5. The third-order valence-corrected chi connectivity index (χ3v) is 4.03. The van der Waals surface area contributed by atoms with Crippen LogP contribution in [0.5, 0.6) is 5.75 Å². The number of hydrogen-bond acceptors (Lipinski definition) is 1. The van der Waals surface area contributed by atoms with Gasteiger partial charge in [0.2, 0.25) is 5.82 Å². The van der Waals surface area contributed by atoms with Crippen LogP contribution in [0.3, 0.4) is 0 Å². The third-order valence-electron chi connectivity index (χ3n) is 4.03. The Morgan fingerprint density at radius 1 is 0.655 bits per heavy atom. The molecule has 150 valence electrons. The zero-order valence-electron chi connectivity index (χ0n) is 16.5. The van der Waals surface area contributed by atoms with E-state index in [1.165, 1.54) is 19.2 Å². The van der Waals surface area contributed by atoms with Crippen molar-refractivity contribution in [2.75, 3.05) is 7.11 Å². The Kier molecular flexibility index (Phi) is 7.44.